The van der Waals surface area contributed by atoms with Crippen molar-refractivity contribution in [3.63, 3.8) is 0 Å². The summed E-state index contributed by atoms with van der Waals surface area (Å²) >= 11 is 0. The molecule has 0 aromatic heterocycles. The van der Waals surface area contributed by atoms with Crippen molar-refractivity contribution in [3.05, 3.63) is 0 Å². The van der Waals surface area contributed by atoms with Gasteiger partial charge in [0.05, 0.1) is 0 Å². The van der Waals surface area contributed by atoms with Crippen LogP contribution >= 0.6 is 0 Å². The van der Waals surface area contributed by atoms with Gasteiger partial charge in [0.1, 0.15) is 0 Å². The molecule has 2 heteroatoms. The van der Waals surface area contributed by atoms with Crippen LogP contribution in [0.15, 0.2) is 0 Å². The Morgan fingerprint density at radius 3 is 2.45 bits per heavy atom. The van der Waals surface area contributed by atoms with Gasteiger partial charge in [0, 0.05) is 31.2 Å². The first kappa shape index (κ1) is 14.8. The third kappa shape index (κ3) is 3.06. The lowest BCUT2D eigenvalue weighted by molar-refractivity contribution is -0.0413. The van der Waals surface area contributed by atoms with E-state index in [4.69, 9.17) is 0 Å². The van der Waals surface area contributed by atoms with E-state index in [-0.39, 0.29) is 0 Å². The predicted octanol–water partition coefficient (Wildman–Crippen LogP) is 3.76. The Morgan fingerprint density at radius 2 is 1.70 bits per heavy atom. The zero-order chi connectivity index (χ0) is 14.1. The highest BCUT2D eigenvalue weighted by Gasteiger charge is 2.39. The number of nitrogens with zero attached hydrogens (tertiary/aromatic N) is 2. The first-order valence-electron chi connectivity index (χ1n) is 9.15. The van der Waals surface area contributed by atoms with Crippen molar-refractivity contribution < 1.29 is 0 Å². The second-order valence-corrected chi connectivity index (χ2v) is 8.08. The lowest BCUT2D eigenvalue weighted by Crippen LogP contribution is -2.63. The molecule has 0 spiro atoms. The third-order valence-electron chi connectivity index (χ3n) is 6.17. The van der Waals surface area contributed by atoms with Gasteiger partial charge in [0.2, 0.25) is 0 Å². The highest BCUT2D eigenvalue weighted by molar-refractivity contribution is 4.95. The fourth-order valence-electron chi connectivity index (χ4n) is 4.95. The number of hydrogen-bond acceptors (Lipinski definition) is 2. The zero-order valence-electron chi connectivity index (χ0n) is 13.9. The van der Waals surface area contributed by atoms with E-state index < -0.39 is 0 Å². The molecule has 3 fully saturated rings. The van der Waals surface area contributed by atoms with Gasteiger partial charge in [-0.25, -0.2) is 0 Å². The normalized spacial score (nSPS) is 40.8. The van der Waals surface area contributed by atoms with Gasteiger partial charge in [0.25, 0.3) is 0 Å². The largest absolute Gasteiger partial charge is 0.298 e. The average molecular weight is 278 g/mol. The first-order valence-corrected chi connectivity index (χ1v) is 9.15. The maximum Gasteiger partial charge on any atom is 0.0249 e. The maximum absolute atomic E-state index is 2.95. The van der Waals surface area contributed by atoms with Gasteiger partial charge in [0.15, 0.2) is 0 Å². The molecule has 0 N–H and O–H groups in total. The van der Waals surface area contributed by atoms with E-state index in [0.29, 0.717) is 0 Å². The van der Waals surface area contributed by atoms with E-state index in [1.165, 1.54) is 64.6 Å². The van der Waals surface area contributed by atoms with Gasteiger partial charge in [-0.05, 0) is 44.1 Å². The Labute approximate surface area is 125 Å². The minimum atomic E-state index is 0.801. The Kier molecular flexibility index (Phi) is 4.72. The molecular weight excluding hydrogens is 244 g/mol. The van der Waals surface area contributed by atoms with Gasteiger partial charge in [-0.1, -0.05) is 40.0 Å². The van der Waals surface area contributed by atoms with Crippen molar-refractivity contribution in [1.82, 2.24) is 9.80 Å². The molecule has 20 heavy (non-hydrogen) atoms. The molecule has 1 aliphatic carbocycles. The van der Waals surface area contributed by atoms with E-state index in [2.05, 4.69) is 30.6 Å². The van der Waals surface area contributed by atoms with Crippen molar-refractivity contribution >= 4 is 0 Å². The molecule has 4 unspecified atom stereocenters. The van der Waals surface area contributed by atoms with Crippen LogP contribution in [0, 0.1) is 11.8 Å². The van der Waals surface area contributed by atoms with E-state index >= 15 is 0 Å². The molecule has 1 saturated carbocycles. The summed E-state index contributed by atoms with van der Waals surface area (Å²) < 4.78 is 0. The molecule has 116 valence electrons. The molecule has 0 aromatic carbocycles. The van der Waals surface area contributed by atoms with Gasteiger partial charge in [-0.3, -0.25) is 9.80 Å². The summed E-state index contributed by atoms with van der Waals surface area (Å²) in [5, 5.41) is 0. The van der Waals surface area contributed by atoms with Gasteiger partial charge < -0.3 is 0 Å². The van der Waals surface area contributed by atoms with Crippen LogP contribution < -0.4 is 0 Å². The van der Waals surface area contributed by atoms with Crippen LogP contribution in [0.5, 0.6) is 0 Å². The summed E-state index contributed by atoms with van der Waals surface area (Å²) in [6.45, 7) is 11.4. The van der Waals surface area contributed by atoms with Crippen LogP contribution in [0.1, 0.15) is 65.7 Å². The standard InChI is InChI=1S/C18H34N2/c1-14(2)18-13-19-10-5-4-8-17(19)12-20(18)16-9-6-7-15(3)11-16/h14-18H,4-13H2,1-3H3. The summed E-state index contributed by atoms with van der Waals surface area (Å²) in [7, 11) is 0. The molecule has 2 heterocycles. The summed E-state index contributed by atoms with van der Waals surface area (Å²) in [6, 6.07) is 2.56. The van der Waals surface area contributed by atoms with E-state index in [0.717, 1.165) is 30.0 Å². The lowest BCUT2D eigenvalue weighted by atomic mass is 9.83. The van der Waals surface area contributed by atoms with Crippen LogP contribution in [0.25, 0.3) is 0 Å². The van der Waals surface area contributed by atoms with Crippen molar-refractivity contribution in [2.75, 3.05) is 19.6 Å². The highest BCUT2D eigenvalue weighted by Crippen LogP contribution is 2.34. The third-order valence-corrected chi connectivity index (χ3v) is 6.17. The van der Waals surface area contributed by atoms with Crippen molar-refractivity contribution in [2.24, 2.45) is 11.8 Å². The molecule has 3 rings (SSSR count). The van der Waals surface area contributed by atoms with Crippen molar-refractivity contribution in [1.29, 1.82) is 0 Å². The average Bonchev–Trinajstić information content (AvgIpc) is 2.46. The lowest BCUT2D eigenvalue weighted by Gasteiger charge is -2.53. The van der Waals surface area contributed by atoms with E-state index in [9.17, 15) is 0 Å². The van der Waals surface area contributed by atoms with Gasteiger partial charge >= 0.3 is 0 Å². The van der Waals surface area contributed by atoms with Crippen LogP contribution in [-0.2, 0) is 0 Å². The second-order valence-electron chi connectivity index (χ2n) is 8.08. The second kappa shape index (κ2) is 6.36. The monoisotopic (exact) mass is 278 g/mol. The zero-order valence-corrected chi connectivity index (χ0v) is 13.9. The van der Waals surface area contributed by atoms with Gasteiger partial charge in [-0.15, -0.1) is 0 Å². The fourth-order valence-corrected chi connectivity index (χ4v) is 4.95. The molecular formula is C18H34N2. The van der Waals surface area contributed by atoms with Crippen LogP contribution in [0.2, 0.25) is 0 Å². The molecule has 2 saturated heterocycles. The molecule has 0 bridgehead atoms. The van der Waals surface area contributed by atoms with E-state index in [1.54, 1.807) is 0 Å². The molecule has 0 radical (unpaired) electrons. The fraction of sp³-hybridized carbons (Fsp3) is 1.00. The SMILES string of the molecule is CC1CCCC(N2CC3CCCCN3CC2C(C)C)C1. The summed E-state index contributed by atoms with van der Waals surface area (Å²) in [4.78, 5) is 5.77. The molecule has 2 nitrogen and oxygen atoms in total. The Balaban J connectivity index is 1.72. The summed E-state index contributed by atoms with van der Waals surface area (Å²) in [5.74, 6) is 1.75. The maximum atomic E-state index is 2.95. The molecule has 0 aromatic rings. The number of fused-ring (bicyclic) bond motifs is 1. The summed E-state index contributed by atoms with van der Waals surface area (Å²) in [5.41, 5.74) is 0. The number of hydrogen-bond donors (Lipinski definition) is 0. The number of rotatable bonds is 2. The van der Waals surface area contributed by atoms with E-state index in [1.807, 2.05) is 0 Å². The van der Waals surface area contributed by atoms with Crippen molar-refractivity contribution in [3.8, 4) is 0 Å². The molecule has 2 aliphatic heterocycles. The topological polar surface area (TPSA) is 6.48 Å². The number of piperazine rings is 1. The summed E-state index contributed by atoms with van der Waals surface area (Å²) in [6.07, 6.45) is 10.2. The Morgan fingerprint density at radius 1 is 0.900 bits per heavy atom. The van der Waals surface area contributed by atoms with Crippen LogP contribution in [0.4, 0.5) is 0 Å². The highest BCUT2D eigenvalue weighted by atomic mass is 15.3. The molecule has 4 atom stereocenters. The minimum Gasteiger partial charge on any atom is -0.298 e. The Bertz CT molecular complexity index is 315. The smallest absolute Gasteiger partial charge is 0.0249 e. The first-order chi connectivity index (χ1) is 9.65. The van der Waals surface area contributed by atoms with Crippen molar-refractivity contribution in [2.45, 2.75) is 83.8 Å². The van der Waals surface area contributed by atoms with Crippen LogP contribution in [0.3, 0.4) is 0 Å². The Hall–Kier alpha value is -0.0800. The van der Waals surface area contributed by atoms with Gasteiger partial charge in [-0.2, -0.15) is 0 Å². The van der Waals surface area contributed by atoms with Crippen LogP contribution in [-0.4, -0.2) is 47.6 Å². The molecule has 0 amide bonds. The predicted molar refractivity (Wildman–Crippen MR) is 86.0 cm³/mol. The minimum absolute atomic E-state index is 0.801. The quantitative estimate of drug-likeness (QED) is 0.759. The number of piperidine rings is 1. The molecule has 3 aliphatic rings.